The van der Waals surface area contributed by atoms with Crippen molar-refractivity contribution in [2.24, 2.45) is 7.05 Å². The summed E-state index contributed by atoms with van der Waals surface area (Å²) in [5, 5.41) is 3.31. The second-order valence-electron chi connectivity index (χ2n) is 3.20. The minimum absolute atomic E-state index is 0.393. The molecule has 78 valence electrons. The number of rotatable bonds is 1. The summed E-state index contributed by atoms with van der Waals surface area (Å²) in [5.74, 6) is -0.648. The molecule has 5 heteroatoms. The molecule has 0 aliphatic carbocycles. The van der Waals surface area contributed by atoms with E-state index >= 15 is 0 Å². The number of nitrogens with zero attached hydrogens (tertiary/aromatic N) is 1. The first-order chi connectivity index (χ1) is 7.13. The van der Waals surface area contributed by atoms with Crippen LogP contribution < -0.4 is 16.7 Å². The number of fused-ring (bicyclic) bond motifs is 1. The molecule has 0 saturated carbocycles. The lowest BCUT2D eigenvalue weighted by Crippen LogP contribution is -2.22. The van der Waals surface area contributed by atoms with Crippen molar-refractivity contribution in [3.8, 4) is 0 Å². The highest BCUT2D eigenvalue weighted by atomic mass is 16.4. The van der Waals surface area contributed by atoms with Crippen molar-refractivity contribution in [1.82, 2.24) is 4.57 Å². The Kier molecular flexibility index (Phi) is 2.07. The fourth-order valence-corrected chi connectivity index (χ4v) is 1.45. The maximum absolute atomic E-state index is 11.4. The SMILES string of the molecule is CNc1ccc2c(c1)c(=O)oc(=O)n2C. The van der Waals surface area contributed by atoms with Gasteiger partial charge in [0.05, 0.1) is 10.9 Å². The van der Waals surface area contributed by atoms with Gasteiger partial charge in [-0.2, -0.15) is 0 Å². The van der Waals surface area contributed by atoms with E-state index in [1.807, 2.05) is 0 Å². The standard InChI is InChI=1S/C10H10N2O3/c1-11-6-3-4-8-7(5-6)9(13)15-10(14)12(8)2/h3-5,11H,1-2H3. The molecule has 0 fully saturated rings. The van der Waals surface area contributed by atoms with Crippen LogP contribution in [0.2, 0.25) is 0 Å². The Labute approximate surface area is 85.0 Å². The lowest BCUT2D eigenvalue weighted by atomic mass is 10.2. The monoisotopic (exact) mass is 206 g/mol. The average Bonchev–Trinajstić information content (AvgIpc) is 2.25. The van der Waals surface area contributed by atoms with Crippen LogP contribution >= 0.6 is 0 Å². The molecule has 1 aromatic heterocycles. The van der Waals surface area contributed by atoms with E-state index in [0.717, 1.165) is 5.69 Å². The van der Waals surface area contributed by atoms with Crippen LogP contribution in [-0.4, -0.2) is 11.6 Å². The molecule has 15 heavy (non-hydrogen) atoms. The zero-order chi connectivity index (χ0) is 11.0. The van der Waals surface area contributed by atoms with Gasteiger partial charge in [0.2, 0.25) is 0 Å². The Balaban J connectivity index is 2.96. The predicted octanol–water partition coefficient (Wildman–Crippen LogP) is 0.533. The van der Waals surface area contributed by atoms with Gasteiger partial charge in [-0.25, -0.2) is 9.59 Å². The predicted molar refractivity (Wildman–Crippen MR) is 57.3 cm³/mol. The van der Waals surface area contributed by atoms with Crippen molar-refractivity contribution in [2.45, 2.75) is 0 Å². The Morgan fingerprint density at radius 2 is 2.07 bits per heavy atom. The normalized spacial score (nSPS) is 10.5. The molecule has 1 N–H and O–H groups in total. The molecule has 0 amide bonds. The Hall–Kier alpha value is -2.04. The first-order valence-electron chi connectivity index (χ1n) is 4.45. The number of nitrogens with one attached hydrogen (secondary N) is 1. The van der Waals surface area contributed by atoms with Gasteiger partial charge < -0.3 is 9.73 Å². The highest BCUT2D eigenvalue weighted by Crippen LogP contribution is 2.13. The number of benzene rings is 1. The molecular formula is C10H10N2O3. The van der Waals surface area contributed by atoms with Crippen LogP contribution in [-0.2, 0) is 7.05 Å². The largest absolute Gasteiger partial charge is 0.422 e. The smallest absolute Gasteiger partial charge is 0.388 e. The van der Waals surface area contributed by atoms with Crippen LogP contribution in [0.15, 0.2) is 32.2 Å². The molecule has 2 rings (SSSR count). The molecular weight excluding hydrogens is 196 g/mol. The quantitative estimate of drug-likeness (QED) is 0.739. The molecule has 2 aromatic rings. The number of aromatic nitrogens is 1. The summed E-state index contributed by atoms with van der Waals surface area (Å²) in [6.45, 7) is 0. The topological polar surface area (TPSA) is 64.2 Å². The third kappa shape index (κ3) is 1.41. The number of anilines is 1. The van der Waals surface area contributed by atoms with Crippen LogP contribution in [0, 0.1) is 0 Å². The van der Waals surface area contributed by atoms with Gasteiger partial charge in [0.1, 0.15) is 0 Å². The fourth-order valence-electron chi connectivity index (χ4n) is 1.45. The molecule has 0 saturated heterocycles. The number of aryl methyl sites for hydroxylation is 1. The van der Waals surface area contributed by atoms with E-state index in [1.165, 1.54) is 4.57 Å². The zero-order valence-electron chi connectivity index (χ0n) is 8.40. The van der Waals surface area contributed by atoms with Crippen LogP contribution in [0.5, 0.6) is 0 Å². The maximum Gasteiger partial charge on any atom is 0.422 e. The highest BCUT2D eigenvalue weighted by Gasteiger charge is 2.06. The molecule has 0 aliphatic rings. The second-order valence-corrected chi connectivity index (χ2v) is 3.20. The van der Waals surface area contributed by atoms with Crippen molar-refractivity contribution >= 4 is 16.6 Å². The van der Waals surface area contributed by atoms with Gasteiger partial charge in [0, 0.05) is 19.8 Å². The number of hydrogen-bond acceptors (Lipinski definition) is 4. The summed E-state index contributed by atoms with van der Waals surface area (Å²) in [7, 11) is 3.32. The van der Waals surface area contributed by atoms with Gasteiger partial charge in [-0.15, -0.1) is 0 Å². The van der Waals surface area contributed by atoms with Crippen LogP contribution in [0.4, 0.5) is 5.69 Å². The van der Waals surface area contributed by atoms with E-state index in [0.29, 0.717) is 10.9 Å². The summed E-state index contributed by atoms with van der Waals surface area (Å²) in [6.07, 6.45) is 0. The minimum atomic E-state index is -0.648. The van der Waals surface area contributed by atoms with E-state index in [2.05, 4.69) is 9.73 Å². The van der Waals surface area contributed by atoms with E-state index in [1.54, 1.807) is 32.3 Å². The van der Waals surface area contributed by atoms with Gasteiger partial charge in [-0.1, -0.05) is 0 Å². The molecule has 5 nitrogen and oxygen atoms in total. The average molecular weight is 206 g/mol. The molecule has 1 aromatic carbocycles. The third-order valence-electron chi connectivity index (χ3n) is 2.32. The van der Waals surface area contributed by atoms with Gasteiger partial charge in [-0.05, 0) is 18.2 Å². The molecule has 0 unspecified atom stereocenters. The third-order valence-corrected chi connectivity index (χ3v) is 2.32. The van der Waals surface area contributed by atoms with Crippen molar-refractivity contribution < 1.29 is 4.42 Å². The molecule has 0 atom stereocenters. The van der Waals surface area contributed by atoms with Gasteiger partial charge in [0.15, 0.2) is 0 Å². The summed E-state index contributed by atoms with van der Waals surface area (Å²) in [4.78, 5) is 22.6. The van der Waals surface area contributed by atoms with E-state index in [4.69, 9.17) is 0 Å². The summed E-state index contributed by atoms with van der Waals surface area (Å²) >= 11 is 0. The maximum atomic E-state index is 11.4. The first-order valence-corrected chi connectivity index (χ1v) is 4.45. The van der Waals surface area contributed by atoms with Crippen molar-refractivity contribution in [3.05, 3.63) is 39.2 Å². The molecule has 0 aliphatic heterocycles. The molecule has 0 radical (unpaired) electrons. The zero-order valence-corrected chi connectivity index (χ0v) is 8.40. The van der Waals surface area contributed by atoms with Gasteiger partial charge in [0.25, 0.3) is 0 Å². The van der Waals surface area contributed by atoms with Crippen molar-refractivity contribution in [1.29, 1.82) is 0 Å². The van der Waals surface area contributed by atoms with E-state index in [-0.39, 0.29) is 0 Å². The Morgan fingerprint density at radius 3 is 2.73 bits per heavy atom. The van der Waals surface area contributed by atoms with Crippen LogP contribution in [0.3, 0.4) is 0 Å². The second kappa shape index (κ2) is 3.27. The van der Waals surface area contributed by atoms with Gasteiger partial charge in [-0.3, -0.25) is 4.57 Å². The summed E-state index contributed by atoms with van der Waals surface area (Å²) < 4.78 is 5.85. The molecule has 0 bridgehead atoms. The lowest BCUT2D eigenvalue weighted by Gasteiger charge is -2.04. The number of hydrogen-bond donors (Lipinski definition) is 1. The Morgan fingerprint density at radius 1 is 1.33 bits per heavy atom. The molecule has 0 spiro atoms. The first kappa shape index (κ1) is 9.51. The van der Waals surface area contributed by atoms with Gasteiger partial charge >= 0.3 is 11.4 Å². The van der Waals surface area contributed by atoms with Crippen molar-refractivity contribution in [3.63, 3.8) is 0 Å². The summed E-state index contributed by atoms with van der Waals surface area (Å²) in [6, 6.07) is 5.15. The van der Waals surface area contributed by atoms with Crippen molar-refractivity contribution in [2.75, 3.05) is 12.4 Å². The summed E-state index contributed by atoms with van der Waals surface area (Å²) in [5.41, 5.74) is 0.758. The fraction of sp³-hybridized carbons (Fsp3) is 0.200. The van der Waals surface area contributed by atoms with E-state index < -0.39 is 11.4 Å². The lowest BCUT2D eigenvalue weighted by molar-refractivity contribution is 0.433. The van der Waals surface area contributed by atoms with Crippen LogP contribution in [0.25, 0.3) is 10.9 Å². The van der Waals surface area contributed by atoms with E-state index in [9.17, 15) is 9.59 Å². The highest BCUT2D eigenvalue weighted by molar-refractivity contribution is 5.81. The molecule has 1 heterocycles. The Bertz CT molecular complexity index is 625. The minimum Gasteiger partial charge on any atom is -0.388 e. The van der Waals surface area contributed by atoms with Crippen LogP contribution in [0.1, 0.15) is 0 Å².